The topological polar surface area (TPSA) is 76.1 Å². The van der Waals surface area contributed by atoms with Crippen molar-refractivity contribution in [2.75, 3.05) is 23.5 Å². The first kappa shape index (κ1) is 19.2. The van der Waals surface area contributed by atoms with Crippen LogP contribution in [0.2, 0.25) is 0 Å². The molecule has 1 amide bonds. The molecule has 0 saturated heterocycles. The molecule has 3 rings (SSSR count). The lowest BCUT2D eigenvalue weighted by Crippen LogP contribution is -2.14. The number of amides is 1. The van der Waals surface area contributed by atoms with Crippen LogP contribution in [0, 0.1) is 13.8 Å². The van der Waals surface area contributed by atoms with Crippen molar-refractivity contribution in [2.24, 2.45) is 0 Å². The van der Waals surface area contributed by atoms with E-state index in [4.69, 9.17) is 4.74 Å². The monoisotopic (exact) mass is 400 g/mol. The number of rotatable bonds is 7. The maximum Gasteiger partial charge on any atom is 0.234 e. The summed E-state index contributed by atoms with van der Waals surface area (Å²) in [5.41, 5.74) is 4.09. The second kappa shape index (κ2) is 8.88. The highest BCUT2D eigenvalue weighted by molar-refractivity contribution is 8.01. The predicted octanol–water partition coefficient (Wildman–Crippen LogP) is 4.64. The summed E-state index contributed by atoms with van der Waals surface area (Å²) >= 11 is 2.77. The average molecular weight is 401 g/mol. The molecule has 0 saturated carbocycles. The van der Waals surface area contributed by atoms with Gasteiger partial charge in [0.25, 0.3) is 0 Å². The van der Waals surface area contributed by atoms with Gasteiger partial charge < -0.3 is 15.4 Å². The number of methoxy groups -OCH3 is 1. The molecule has 0 aliphatic carbocycles. The number of nitrogens with one attached hydrogen (secondary N) is 2. The molecule has 0 aliphatic heterocycles. The molecular formula is C19H20N4O2S2. The van der Waals surface area contributed by atoms with E-state index in [1.807, 2.05) is 18.2 Å². The number of ether oxygens (including phenoxy) is 1. The highest BCUT2D eigenvalue weighted by atomic mass is 32.2. The third-order valence-electron chi connectivity index (χ3n) is 3.87. The minimum absolute atomic E-state index is 0.122. The van der Waals surface area contributed by atoms with Crippen LogP contribution in [-0.4, -0.2) is 29.0 Å². The van der Waals surface area contributed by atoms with Gasteiger partial charge in [-0.2, -0.15) is 0 Å². The fourth-order valence-corrected chi connectivity index (χ4v) is 3.89. The molecule has 0 radical (unpaired) electrons. The molecule has 2 aromatic carbocycles. The third kappa shape index (κ3) is 5.21. The van der Waals surface area contributed by atoms with Crippen LogP contribution >= 0.6 is 23.1 Å². The molecule has 0 bridgehead atoms. The Hall–Kier alpha value is -2.58. The number of anilines is 3. The summed E-state index contributed by atoms with van der Waals surface area (Å²) in [5, 5.41) is 15.1. The van der Waals surface area contributed by atoms with E-state index in [9.17, 15) is 4.79 Å². The Morgan fingerprint density at radius 2 is 1.96 bits per heavy atom. The molecular weight excluding hydrogens is 380 g/mol. The van der Waals surface area contributed by atoms with E-state index >= 15 is 0 Å². The normalized spacial score (nSPS) is 10.5. The Labute approximate surface area is 166 Å². The van der Waals surface area contributed by atoms with Crippen LogP contribution in [0.1, 0.15) is 11.1 Å². The van der Waals surface area contributed by atoms with Crippen LogP contribution < -0.4 is 15.4 Å². The molecule has 0 spiro atoms. The van der Waals surface area contributed by atoms with E-state index in [-0.39, 0.29) is 11.7 Å². The van der Waals surface area contributed by atoms with Gasteiger partial charge in [0.1, 0.15) is 5.75 Å². The van der Waals surface area contributed by atoms with Crippen molar-refractivity contribution in [1.29, 1.82) is 0 Å². The highest BCUT2D eigenvalue weighted by Gasteiger charge is 2.11. The van der Waals surface area contributed by atoms with Gasteiger partial charge in [0.05, 0.1) is 18.6 Å². The molecule has 27 heavy (non-hydrogen) atoms. The fourth-order valence-electron chi connectivity index (χ4n) is 2.32. The van der Waals surface area contributed by atoms with Gasteiger partial charge in [-0.25, -0.2) is 0 Å². The summed E-state index contributed by atoms with van der Waals surface area (Å²) in [6.45, 7) is 4.15. The molecule has 8 heteroatoms. The number of hydrogen-bond acceptors (Lipinski definition) is 7. The summed E-state index contributed by atoms with van der Waals surface area (Å²) in [7, 11) is 1.57. The number of aryl methyl sites for hydroxylation is 2. The van der Waals surface area contributed by atoms with Gasteiger partial charge in [0, 0.05) is 5.69 Å². The van der Waals surface area contributed by atoms with Gasteiger partial charge in [-0.3, -0.25) is 4.79 Å². The lowest BCUT2D eigenvalue weighted by molar-refractivity contribution is -0.113. The van der Waals surface area contributed by atoms with Crippen molar-refractivity contribution in [3.05, 3.63) is 53.6 Å². The van der Waals surface area contributed by atoms with Gasteiger partial charge in [-0.1, -0.05) is 41.3 Å². The first-order valence-corrected chi connectivity index (χ1v) is 10.1. The van der Waals surface area contributed by atoms with E-state index in [1.165, 1.54) is 34.2 Å². The molecule has 0 aliphatic rings. The zero-order chi connectivity index (χ0) is 19.2. The van der Waals surface area contributed by atoms with Crippen LogP contribution in [-0.2, 0) is 4.79 Å². The van der Waals surface area contributed by atoms with E-state index in [2.05, 4.69) is 46.8 Å². The molecule has 140 valence electrons. The molecule has 6 nitrogen and oxygen atoms in total. The summed E-state index contributed by atoms with van der Waals surface area (Å²) in [5.74, 6) is 0.756. The van der Waals surface area contributed by atoms with E-state index < -0.39 is 0 Å². The minimum atomic E-state index is -0.122. The first-order chi connectivity index (χ1) is 13.0. The number of para-hydroxylation sites is 2. The average Bonchev–Trinajstić information content (AvgIpc) is 3.11. The number of thioether (sulfide) groups is 1. The zero-order valence-corrected chi connectivity index (χ0v) is 16.9. The molecule has 2 N–H and O–H groups in total. The minimum Gasteiger partial charge on any atom is -0.495 e. The Kier molecular flexibility index (Phi) is 6.31. The Morgan fingerprint density at radius 3 is 2.74 bits per heavy atom. The van der Waals surface area contributed by atoms with Gasteiger partial charge >= 0.3 is 0 Å². The summed E-state index contributed by atoms with van der Waals surface area (Å²) in [4.78, 5) is 12.2. The van der Waals surface area contributed by atoms with Gasteiger partial charge in [0.2, 0.25) is 11.0 Å². The smallest absolute Gasteiger partial charge is 0.234 e. The fraction of sp³-hybridized carbons (Fsp3) is 0.211. The Balaban J connectivity index is 1.54. The molecule has 1 aromatic heterocycles. The van der Waals surface area contributed by atoms with Crippen molar-refractivity contribution in [1.82, 2.24) is 10.2 Å². The third-order valence-corrected chi connectivity index (χ3v) is 5.84. The number of hydrogen-bond donors (Lipinski definition) is 2. The maximum absolute atomic E-state index is 12.2. The maximum atomic E-state index is 12.2. The van der Waals surface area contributed by atoms with Crippen LogP contribution in [0.25, 0.3) is 0 Å². The van der Waals surface area contributed by atoms with Crippen LogP contribution in [0.4, 0.5) is 16.5 Å². The standard InChI is InChI=1S/C19H20N4O2S2/c1-12-8-9-14(10-13(12)2)20-18-22-23-19(27-18)26-11-17(24)21-15-6-4-5-7-16(15)25-3/h4-10H,11H2,1-3H3,(H,20,22)(H,21,24). The largest absolute Gasteiger partial charge is 0.495 e. The summed E-state index contributed by atoms with van der Waals surface area (Å²) in [6, 6.07) is 13.5. The van der Waals surface area contributed by atoms with E-state index in [0.717, 1.165) is 10.0 Å². The van der Waals surface area contributed by atoms with Crippen LogP contribution in [0.15, 0.2) is 46.8 Å². The molecule has 0 atom stereocenters. The Morgan fingerprint density at radius 1 is 1.15 bits per heavy atom. The van der Waals surface area contributed by atoms with Crippen molar-refractivity contribution in [3.63, 3.8) is 0 Å². The van der Waals surface area contributed by atoms with Crippen LogP contribution in [0.5, 0.6) is 5.75 Å². The number of carbonyl (C=O) groups is 1. The molecule has 1 heterocycles. The van der Waals surface area contributed by atoms with Gasteiger partial charge in [-0.15, -0.1) is 10.2 Å². The SMILES string of the molecule is COc1ccccc1NC(=O)CSc1nnc(Nc2ccc(C)c(C)c2)s1. The highest BCUT2D eigenvalue weighted by Crippen LogP contribution is 2.29. The number of nitrogens with zero attached hydrogens (tertiary/aromatic N) is 2. The molecule has 3 aromatic rings. The van der Waals surface area contributed by atoms with Crippen molar-refractivity contribution in [2.45, 2.75) is 18.2 Å². The quantitative estimate of drug-likeness (QED) is 0.563. The molecule has 0 unspecified atom stereocenters. The lowest BCUT2D eigenvalue weighted by Gasteiger charge is -2.08. The summed E-state index contributed by atoms with van der Waals surface area (Å²) < 4.78 is 5.97. The zero-order valence-electron chi connectivity index (χ0n) is 15.3. The van der Waals surface area contributed by atoms with E-state index in [1.54, 1.807) is 19.2 Å². The second-order valence-electron chi connectivity index (χ2n) is 5.83. The predicted molar refractivity (Wildman–Crippen MR) is 111 cm³/mol. The second-order valence-corrected chi connectivity index (χ2v) is 8.03. The van der Waals surface area contributed by atoms with Gasteiger partial charge in [0.15, 0.2) is 4.34 Å². The summed E-state index contributed by atoms with van der Waals surface area (Å²) in [6.07, 6.45) is 0. The lowest BCUT2D eigenvalue weighted by atomic mass is 10.1. The van der Waals surface area contributed by atoms with Crippen LogP contribution in [0.3, 0.4) is 0 Å². The Bertz CT molecular complexity index is 943. The van der Waals surface area contributed by atoms with Crippen molar-refractivity contribution < 1.29 is 9.53 Å². The number of benzene rings is 2. The van der Waals surface area contributed by atoms with E-state index in [0.29, 0.717) is 16.6 Å². The van der Waals surface area contributed by atoms with Crippen molar-refractivity contribution in [3.8, 4) is 5.75 Å². The number of carbonyl (C=O) groups excluding carboxylic acids is 1. The first-order valence-electron chi connectivity index (χ1n) is 8.28. The molecule has 0 fully saturated rings. The van der Waals surface area contributed by atoms with Gasteiger partial charge in [-0.05, 0) is 49.2 Å². The van der Waals surface area contributed by atoms with Crippen molar-refractivity contribution >= 4 is 45.5 Å². The number of aromatic nitrogens is 2.